The molecule has 0 radical (unpaired) electrons. The zero-order chi connectivity index (χ0) is 25.5. The number of ether oxygens (including phenoxy) is 1. The van der Waals surface area contributed by atoms with Crippen LogP contribution in [-0.4, -0.2) is 24.3 Å². The largest absolute Gasteiger partial charge is 0.493 e. The third-order valence-electron chi connectivity index (χ3n) is 6.37. The lowest BCUT2D eigenvalue weighted by molar-refractivity contribution is 0.0706. The Morgan fingerprint density at radius 2 is 1.41 bits per heavy atom. The predicted molar refractivity (Wildman–Crippen MR) is 150 cm³/mol. The Morgan fingerprint density at radius 3 is 2.16 bits per heavy atom. The van der Waals surface area contributed by atoms with Crippen molar-refractivity contribution in [2.75, 3.05) is 18.5 Å². The number of fused-ring (bicyclic) bond motifs is 2. The molecule has 1 amide bonds. The van der Waals surface area contributed by atoms with Crippen molar-refractivity contribution in [3.8, 4) is 5.75 Å². The van der Waals surface area contributed by atoms with E-state index in [1.54, 1.807) is 17.6 Å². The summed E-state index contributed by atoms with van der Waals surface area (Å²) in [5, 5.41) is 17.1. The summed E-state index contributed by atoms with van der Waals surface area (Å²) in [6.07, 6.45) is 2.84. The summed E-state index contributed by atoms with van der Waals surface area (Å²) in [4.78, 5) is 11.7. The van der Waals surface area contributed by atoms with E-state index in [9.17, 15) is 4.79 Å². The van der Waals surface area contributed by atoms with E-state index in [0.29, 0.717) is 18.7 Å². The van der Waals surface area contributed by atoms with Crippen molar-refractivity contribution in [1.82, 2.24) is 5.48 Å². The van der Waals surface area contributed by atoms with E-state index in [4.69, 9.17) is 9.94 Å². The fourth-order valence-electron chi connectivity index (χ4n) is 4.44. The third kappa shape index (κ3) is 5.80. The molecule has 0 saturated heterocycles. The van der Waals surface area contributed by atoms with Crippen LogP contribution in [0.4, 0.5) is 5.69 Å². The van der Waals surface area contributed by atoms with Gasteiger partial charge >= 0.3 is 0 Å². The third-order valence-corrected chi connectivity index (χ3v) is 6.37. The SMILES string of the molecule is O=C(NO)c1ccc(C=C(CCOc2cccc3ccccc23)CNc2cccc3ccccc23)cc1. The van der Waals surface area contributed by atoms with Gasteiger partial charge in [-0.3, -0.25) is 10.0 Å². The predicted octanol–water partition coefficient (Wildman–Crippen LogP) is 7.08. The van der Waals surface area contributed by atoms with E-state index in [1.165, 1.54) is 10.8 Å². The van der Waals surface area contributed by atoms with Crippen LogP contribution in [0.1, 0.15) is 22.3 Å². The minimum Gasteiger partial charge on any atom is -0.493 e. The van der Waals surface area contributed by atoms with Crippen molar-refractivity contribution in [2.24, 2.45) is 0 Å². The average Bonchev–Trinajstić information content (AvgIpc) is 2.96. The van der Waals surface area contributed by atoms with Crippen molar-refractivity contribution < 1.29 is 14.7 Å². The van der Waals surface area contributed by atoms with Crippen molar-refractivity contribution in [3.63, 3.8) is 0 Å². The highest BCUT2D eigenvalue weighted by Crippen LogP contribution is 2.26. The first-order valence-electron chi connectivity index (χ1n) is 12.3. The Bertz CT molecular complexity index is 1550. The highest BCUT2D eigenvalue weighted by atomic mass is 16.5. The minimum atomic E-state index is -0.531. The number of hydroxylamine groups is 1. The molecule has 0 heterocycles. The molecule has 0 aromatic heterocycles. The number of hydrogen-bond donors (Lipinski definition) is 3. The minimum absolute atomic E-state index is 0.398. The second-order valence-electron chi connectivity index (χ2n) is 8.82. The summed E-state index contributed by atoms with van der Waals surface area (Å²) in [6.45, 7) is 1.17. The van der Waals surface area contributed by atoms with Crippen molar-refractivity contribution >= 4 is 39.2 Å². The van der Waals surface area contributed by atoms with E-state index in [2.05, 4.69) is 59.9 Å². The van der Waals surface area contributed by atoms with Crippen LogP contribution in [0.3, 0.4) is 0 Å². The zero-order valence-electron chi connectivity index (χ0n) is 20.4. The molecule has 0 atom stereocenters. The highest BCUT2D eigenvalue weighted by Gasteiger charge is 2.07. The van der Waals surface area contributed by atoms with Gasteiger partial charge in [0.25, 0.3) is 5.91 Å². The molecule has 0 bridgehead atoms. The van der Waals surface area contributed by atoms with Gasteiger partial charge in [-0.1, -0.05) is 91.0 Å². The lowest BCUT2D eigenvalue weighted by Gasteiger charge is -2.14. The Kier molecular flexibility index (Phi) is 7.44. The number of nitrogens with one attached hydrogen (secondary N) is 2. The number of hydrogen-bond acceptors (Lipinski definition) is 4. The molecule has 0 spiro atoms. The Labute approximate surface area is 216 Å². The fraction of sp³-hybridized carbons (Fsp3) is 0.0938. The number of anilines is 1. The van der Waals surface area contributed by atoms with E-state index in [0.717, 1.165) is 39.8 Å². The van der Waals surface area contributed by atoms with E-state index in [-0.39, 0.29) is 0 Å². The number of rotatable bonds is 9. The van der Waals surface area contributed by atoms with Crippen LogP contribution in [0.25, 0.3) is 27.6 Å². The van der Waals surface area contributed by atoms with Crippen LogP contribution >= 0.6 is 0 Å². The zero-order valence-corrected chi connectivity index (χ0v) is 20.4. The van der Waals surface area contributed by atoms with Gasteiger partial charge < -0.3 is 10.1 Å². The molecule has 184 valence electrons. The monoisotopic (exact) mass is 488 g/mol. The summed E-state index contributed by atoms with van der Waals surface area (Å²) < 4.78 is 6.23. The molecular weight excluding hydrogens is 460 g/mol. The van der Waals surface area contributed by atoms with Gasteiger partial charge in [0.15, 0.2) is 0 Å². The summed E-state index contributed by atoms with van der Waals surface area (Å²) >= 11 is 0. The summed E-state index contributed by atoms with van der Waals surface area (Å²) in [5.41, 5.74) is 5.27. The molecule has 0 aliphatic rings. The second-order valence-corrected chi connectivity index (χ2v) is 8.82. The second kappa shape index (κ2) is 11.4. The number of amides is 1. The first kappa shape index (κ1) is 24.1. The maximum Gasteiger partial charge on any atom is 0.274 e. The normalized spacial score (nSPS) is 11.4. The fourth-order valence-corrected chi connectivity index (χ4v) is 4.44. The molecule has 0 saturated carbocycles. The maximum absolute atomic E-state index is 11.7. The van der Waals surface area contributed by atoms with Crippen LogP contribution in [0.2, 0.25) is 0 Å². The van der Waals surface area contributed by atoms with Gasteiger partial charge in [0.1, 0.15) is 5.75 Å². The van der Waals surface area contributed by atoms with Crippen LogP contribution in [-0.2, 0) is 0 Å². The van der Waals surface area contributed by atoms with Gasteiger partial charge in [0.05, 0.1) is 6.61 Å². The van der Waals surface area contributed by atoms with Gasteiger partial charge in [0.2, 0.25) is 0 Å². The van der Waals surface area contributed by atoms with Gasteiger partial charge in [-0.05, 0) is 46.2 Å². The molecule has 5 aromatic carbocycles. The molecule has 0 fully saturated rings. The maximum atomic E-state index is 11.7. The molecule has 0 aliphatic heterocycles. The molecular formula is C32H28N2O3. The number of benzene rings is 5. The average molecular weight is 489 g/mol. The Hall–Kier alpha value is -4.61. The number of carbonyl (C=O) groups is 1. The van der Waals surface area contributed by atoms with Crippen LogP contribution in [0.5, 0.6) is 5.75 Å². The van der Waals surface area contributed by atoms with Gasteiger partial charge in [-0.15, -0.1) is 0 Å². The molecule has 5 nitrogen and oxygen atoms in total. The first-order chi connectivity index (χ1) is 18.2. The summed E-state index contributed by atoms with van der Waals surface area (Å²) in [5.74, 6) is 0.343. The lowest BCUT2D eigenvalue weighted by Crippen LogP contribution is -2.18. The quantitative estimate of drug-likeness (QED) is 0.153. The van der Waals surface area contributed by atoms with Crippen molar-refractivity contribution in [3.05, 3.63) is 126 Å². The topological polar surface area (TPSA) is 70.6 Å². The molecule has 5 rings (SSSR count). The molecule has 37 heavy (non-hydrogen) atoms. The van der Waals surface area contributed by atoms with Crippen molar-refractivity contribution in [2.45, 2.75) is 6.42 Å². The van der Waals surface area contributed by atoms with Crippen LogP contribution in [0, 0.1) is 0 Å². The molecule has 5 heteroatoms. The first-order valence-corrected chi connectivity index (χ1v) is 12.3. The molecule has 0 unspecified atom stereocenters. The smallest absolute Gasteiger partial charge is 0.274 e. The number of carbonyl (C=O) groups excluding carboxylic acids is 1. The van der Waals surface area contributed by atoms with E-state index < -0.39 is 5.91 Å². The molecule has 0 aliphatic carbocycles. The van der Waals surface area contributed by atoms with E-state index >= 15 is 0 Å². The van der Waals surface area contributed by atoms with Gasteiger partial charge in [-0.2, -0.15) is 0 Å². The van der Waals surface area contributed by atoms with Crippen molar-refractivity contribution in [1.29, 1.82) is 0 Å². The van der Waals surface area contributed by atoms with Crippen LogP contribution < -0.4 is 15.5 Å². The summed E-state index contributed by atoms with van der Waals surface area (Å²) in [7, 11) is 0. The van der Waals surface area contributed by atoms with Gasteiger partial charge in [-0.25, -0.2) is 5.48 Å². The summed E-state index contributed by atoms with van der Waals surface area (Å²) in [6, 6.07) is 36.0. The Balaban J connectivity index is 1.35. The lowest BCUT2D eigenvalue weighted by atomic mass is 10.1. The van der Waals surface area contributed by atoms with Gasteiger partial charge in [0, 0.05) is 35.0 Å². The Morgan fingerprint density at radius 1 is 0.757 bits per heavy atom. The standard InChI is InChI=1S/C32H28N2O3/c35-32(34-36)27-17-15-23(16-18-27)21-24(22-33-30-13-5-9-25-7-1-3-11-28(25)30)19-20-37-31-14-6-10-26-8-2-4-12-29(26)31/h1-18,21,33,36H,19-20,22H2,(H,34,35). The highest BCUT2D eigenvalue weighted by molar-refractivity contribution is 5.94. The van der Waals surface area contributed by atoms with E-state index in [1.807, 2.05) is 48.5 Å². The van der Waals surface area contributed by atoms with Crippen LogP contribution in [0.15, 0.2) is 115 Å². The molecule has 3 N–H and O–H groups in total. The molecule has 5 aromatic rings.